The highest BCUT2D eigenvalue weighted by molar-refractivity contribution is 8.00. The van der Waals surface area contributed by atoms with Gasteiger partial charge in [-0.25, -0.2) is 0 Å². The standard InChI is InChI=1S/C9H8N2OS/c10-9(12)6-1-2-8-7(5-6)11-3-4-13-8/h1-3,5H,4H2,(H2,10,12). The molecule has 1 aliphatic rings. The number of amides is 1. The molecular weight excluding hydrogens is 184 g/mol. The summed E-state index contributed by atoms with van der Waals surface area (Å²) in [5, 5.41) is 0. The number of benzene rings is 1. The first-order valence-corrected chi connectivity index (χ1v) is 4.85. The molecule has 1 amide bonds. The number of primary amides is 1. The summed E-state index contributed by atoms with van der Waals surface area (Å²) >= 11 is 1.71. The lowest BCUT2D eigenvalue weighted by atomic mass is 10.2. The molecule has 0 spiro atoms. The predicted molar refractivity (Wildman–Crippen MR) is 53.8 cm³/mol. The van der Waals surface area contributed by atoms with Crippen molar-refractivity contribution in [2.75, 3.05) is 5.75 Å². The zero-order valence-corrected chi connectivity index (χ0v) is 7.67. The van der Waals surface area contributed by atoms with Crippen LogP contribution in [0.15, 0.2) is 28.1 Å². The molecule has 66 valence electrons. The lowest BCUT2D eigenvalue weighted by Crippen LogP contribution is -2.10. The first kappa shape index (κ1) is 8.31. The van der Waals surface area contributed by atoms with Gasteiger partial charge < -0.3 is 5.73 Å². The quantitative estimate of drug-likeness (QED) is 0.734. The minimum atomic E-state index is -0.409. The number of carbonyl (C=O) groups excluding carboxylic acids is 1. The number of hydrogen-bond acceptors (Lipinski definition) is 3. The van der Waals surface area contributed by atoms with Crippen LogP contribution in [-0.4, -0.2) is 17.9 Å². The predicted octanol–water partition coefficient (Wildman–Crippen LogP) is 1.59. The molecule has 0 atom stereocenters. The van der Waals surface area contributed by atoms with E-state index in [1.807, 2.05) is 12.3 Å². The van der Waals surface area contributed by atoms with Gasteiger partial charge in [0.05, 0.1) is 5.69 Å². The third-order valence-corrected chi connectivity index (χ3v) is 2.76. The van der Waals surface area contributed by atoms with Crippen LogP contribution in [-0.2, 0) is 0 Å². The van der Waals surface area contributed by atoms with Gasteiger partial charge in [0.2, 0.25) is 5.91 Å². The van der Waals surface area contributed by atoms with Crippen molar-refractivity contribution in [3.05, 3.63) is 23.8 Å². The molecule has 4 heteroatoms. The molecule has 0 unspecified atom stereocenters. The minimum Gasteiger partial charge on any atom is -0.366 e. The van der Waals surface area contributed by atoms with Crippen LogP contribution >= 0.6 is 11.8 Å². The molecule has 0 aliphatic carbocycles. The van der Waals surface area contributed by atoms with Gasteiger partial charge in [-0.15, -0.1) is 11.8 Å². The molecule has 3 nitrogen and oxygen atoms in total. The summed E-state index contributed by atoms with van der Waals surface area (Å²) in [6.07, 6.45) is 1.83. The highest BCUT2D eigenvalue weighted by Gasteiger charge is 2.08. The van der Waals surface area contributed by atoms with Crippen LogP contribution in [0.3, 0.4) is 0 Å². The maximum Gasteiger partial charge on any atom is 0.248 e. The molecule has 2 rings (SSSR count). The van der Waals surface area contributed by atoms with Crippen LogP contribution in [0, 0.1) is 0 Å². The fourth-order valence-electron chi connectivity index (χ4n) is 1.16. The monoisotopic (exact) mass is 192 g/mol. The Morgan fingerprint density at radius 1 is 1.54 bits per heavy atom. The highest BCUT2D eigenvalue weighted by Crippen LogP contribution is 2.32. The molecule has 1 aliphatic heterocycles. The molecule has 0 aromatic heterocycles. The fourth-order valence-corrected chi connectivity index (χ4v) is 1.91. The molecule has 13 heavy (non-hydrogen) atoms. The zero-order valence-electron chi connectivity index (χ0n) is 6.86. The van der Waals surface area contributed by atoms with E-state index in [0.717, 1.165) is 16.3 Å². The van der Waals surface area contributed by atoms with E-state index in [4.69, 9.17) is 5.73 Å². The smallest absolute Gasteiger partial charge is 0.248 e. The summed E-state index contributed by atoms with van der Waals surface area (Å²) in [7, 11) is 0. The normalized spacial score (nSPS) is 13.8. The Bertz CT molecular complexity index is 387. The van der Waals surface area contributed by atoms with Crippen LogP contribution in [0.5, 0.6) is 0 Å². The third kappa shape index (κ3) is 1.58. The number of aliphatic imine (C=N–C) groups is 1. The minimum absolute atomic E-state index is 0.409. The Labute approximate surface area is 80.0 Å². The molecule has 0 saturated heterocycles. The average molecular weight is 192 g/mol. The SMILES string of the molecule is NC(=O)c1ccc2c(c1)N=CCS2. The zero-order chi connectivity index (χ0) is 9.26. The van der Waals surface area contributed by atoms with E-state index in [9.17, 15) is 4.79 Å². The number of nitrogens with two attached hydrogens (primary N) is 1. The summed E-state index contributed by atoms with van der Waals surface area (Å²) in [5.41, 5.74) is 6.50. The third-order valence-electron chi connectivity index (χ3n) is 1.79. The molecule has 0 radical (unpaired) electrons. The van der Waals surface area contributed by atoms with Crippen molar-refractivity contribution in [3.63, 3.8) is 0 Å². The Kier molecular flexibility index (Phi) is 2.06. The summed E-state index contributed by atoms with van der Waals surface area (Å²) in [5.74, 6) is 0.483. The number of carbonyl (C=O) groups is 1. The van der Waals surface area contributed by atoms with E-state index >= 15 is 0 Å². The second kappa shape index (κ2) is 3.22. The number of fused-ring (bicyclic) bond motifs is 1. The van der Waals surface area contributed by atoms with Crippen LogP contribution in [0.4, 0.5) is 5.69 Å². The van der Waals surface area contributed by atoms with Crippen molar-refractivity contribution in [2.45, 2.75) is 4.90 Å². The van der Waals surface area contributed by atoms with E-state index in [2.05, 4.69) is 4.99 Å². The first-order chi connectivity index (χ1) is 6.27. The van der Waals surface area contributed by atoms with Crippen molar-refractivity contribution >= 4 is 29.6 Å². The summed E-state index contributed by atoms with van der Waals surface area (Å²) in [6.45, 7) is 0. The van der Waals surface area contributed by atoms with Crippen molar-refractivity contribution in [1.82, 2.24) is 0 Å². The Balaban J connectivity index is 2.48. The summed E-state index contributed by atoms with van der Waals surface area (Å²) in [6, 6.07) is 5.34. The van der Waals surface area contributed by atoms with Gasteiger partial charge in [-0.3, -0.25) is 9.79 Å². The van der Waals surface area contributed by atoms with Crippen molar-refractivity contribution < 1.29 is 4.79 Å². The molecular formula is C9H8N2OS. The van der Waals surface area contributed by atoms with Crippen LogP contribution in [0.1, 0.15) is 10.4 Å². The van der Waals surface area contributed by atoms with Gasteiger partial charge >= 0.3 is 0 Å². The Morgan fingerprint density at radius 2 is 2.38 bits per heavy atom. The van der Waals surface area contributed by atoms with Gasteiger partial charge in [0.15, 0.2) is 0 Å². The number of thioether (sulfide) groups is 1. The Hall–Kier alpha value is -1.29. The molecule has 2 N–H and O–H groups in total. The van der Waals surface area contributed by atoms with Crippen LogP contribution in [0.25, 0.3) is 0 Å². The van der Waals surface area contributed by atoms with Gasteiger partial charge in [0.1, 0.15) is 0 Å². The van der Waals surface area contributed by atoms with E-state index in [1.165, 1.54) is 0 Å². The van der Waals surface area contributed by atoms with E-state index in [0.29, 0.717) is 5.56 Å². The number of hydrogen-bond donors (Lipinski definition) is 1. The topological polar surface area (TPSA) is 55.5 Å². The summed E-state index contributed by atoms with van der Waals surface area (Å²) < 4.78 is 0. The van der Waals surface area contributed by atoms with Gasteiger partial charge in [-0.05, 0) is 18.2 Å². The molecule has 0 saturated carbocycles. The second-order valence-corrected chi connectivity index (χ2v) is 3.73. The Morgan fingerprint density at radius 3 is 3.15 bits per heavy atom. The van der Waals surface area contributed by atoms with Gasteiger partial charge in [-0.1, -0.05) is 0 Å². The van der Waals surface area contributed by atoms with Crippen molar-refractivity contribution in [3.8, 4) is 0 Å². The molecule has 1 heterocycles. The first-order valence-electron chi connectivity index (χ1n) is 3.86. The molecule has 0 bridgehead atoms. The highest BCUT2D eigenvalue weighted by atomic mass is 32.2. The van der Waals surface area contributed by atoms with Gasteiger partial charge in [0.25, 0.3) is 0 Å². The van der Waals surface area contributed by atoms with Gasteiger partial charge in [0, 0.05) is 22.4 Å². The largest absolute Gasteiger partial charge is 0.366 e. The summed E-state index contributed by atoms with van der Waals surface area (Å²) in [4.78, 5) is 16.1. The van der Waals surface area contributed by atoms with Gasteiger partial charge in [-0.2, -0.15) is 0 Å². The maximum atomic E-state index is 10.9. The molecule has 1 aromatic rings. The maximum absolute atomic E-state index is 10.9. The lowest BCUT2D eigenvalue weighted by molar-refractivity contribution is 0.100. The van der Waals surface area contributed by atoms with Crippen molar-refractivity contribution in [2.24, 2.45) is 10.7 Å². The van der Waals surface area contributed by atoms with E-state index in [1.54, 1.807) is 23.9 Å². The number of rotatable bonds is 1. The van der Waals surface area contributed by atoms with E-state index in [-0.39, 0.29) is 0 Å². The lowest BCUT2D eigenvalue weighted by Gasteiger charge is -2.08. The second-order valence-electron chi connectivity index (χ2n) is 2.67. The van der Waals surface area contributed by atoms with Crippen LogP contribution in [0.2, 0.25) is 0 Å². The van der Waals surface area contributed by atoms with E-state index < -0.39 is 5.91 Å². The van der Waals surface area contributed by atoms with Crippen LogP contribution < -0.4 is 5.73 Å². The molecule has 1 aromatic carbocycles. The fraction of sp³-hybridized carbons (Fsp3) is 0.111. The number of nitrogens with zero attached hydrogens (tertiary/aromatic N) is 1. The van der Waals surface area contributed by atoms with Crippen molar-refractivity contribution in [1.29, 1.82) is 0 Å². The average Bonchev–Trinajstić information content (AvgIpc) is 2.17. The molecule has 0 fully saturated rings.